The molecule has 0 saturated heterocycles. The lowest BCUT2D eigenvalue weighted by Gasteiger charge is -2.12. The third-order valence-corrected chi connectivity index (χ3v) is 4.44. The van der Waals surface area contributed by atoms with E-state index in [2.05, 4.69) is 10.4 Å². The van der Waals surface area contributed by atoms with Gasteiger partial charge < -0.3 is 15.8 Å². The van der Waals surface area contributed by atoms with Gasteiger partial charge in [0, 0.05) is 17.7 Å². The molecule has 0 bridgehead atoms. The van der Waals surface area contributed by atoms with E-state index in [1.54, 1.807) is 18.2 Å². The maximum atomic E-state index is 12.6. The van der Waals surface area contributed by atoms with Gasteiger partial charge in [0.2, 0.25) is 0 Å². The van der Waals surface area contributed by atoms with Gasteiger partial charge in [-0.15, -0.1) is 0 Å². The molecule has 3 aromatic rings. The maximum Gasteiger partial charge on any atom is 0.280 e. The van der Waals surface area contributed by atoms with Crippen LogP contribution in [0.3, 0.4) is 0 Å². The van der Waals surface area contributed by atoms with Crippen molar-refractivity contribution in [2.75, 3.05) is 11.1 Å². The molecular weight excluding hydrogens is 358 g/mol. The number of ether oxygens (including phenoxy) is 1. The number of nitrogens with zero attached hydrogens (tertiary/aromatic N) is 3. The summed E-state index contributed by atoms with van der Waals surface area (Å²) in [6.07, 6.45) is 1.09. The van der Waals surface area contributed by atoms with Gasteiger partial charge in [0.1, 0.15) is 23.2 Å². The van der Waals surface area contributed by atoms with Crippen molar-refractivity contribution in [3.05, 3.63) is 71.4 Å². The van der Waals surface area contributed by atoms with Crippen molar-refractivity contribution >= 4 is 23.3 Å². The second kappa shape index (κ2) is 6.89. The SMILES string of the molecule is N#Cc1cnn(C(=O)c2cccc(NC(=O)C3Cc4ccccc4O3)c2)c1N. The minimum atomic E-state index is -0.628. The van der Waals surface area contributed by atoms with Crippen LogP contribution in [0.1, 0.15) is 21.5 Å². The Morgan fingerprint density at radius 2 is 2.07 bits per heavy atom. The molecule has 1 aliphatic heterocycles. The monoisotopic (exact) mass is 373 g/mol. The van der Waals surface area contributed by atoms with Crippen LogP contribution in [0.25, 0.3) is 0 Å². The van der Waals surface area contributed by atoms with E-state index in [1.807, 2.05) is 30.3 Å². The second-order valence-corrected chi connectivity index (χ2v) is 6.26. The Morgan fingerprint density at radius 3 is 2.82 bits per heavy atom. The van der Waals surface area contributed by atoms with Crippen molar-refractivity contribution in [1.29, 1.82) is 5.26 Å². The topological polar surface area (TPSA) is 123 Å². The Labute approximate surface area is 160 Å². The zero-order chi connectivity index (χ0) is 19.7. The largest absolute Gasteiger partial charge is 0.480 e. The highest BCUT2D eigenvalue weighted by atomic mass is 16.5. The molecule has 1 aliphatic rings. The first-order chi connectivity index (χ1) is 13.6. The van der Waals surface area contributed by atoms with Crippen LogP contribution in [0.2, 0.25) is 0 Å². The number of hydrogen-bond donors (Lipinski definition) is 2. The number of nitrogens with two attached hydrogens (primary N) is 1. The van der Waals surface area contributed by atoms with Crippen LogP contribution in [0.15, 0.2) is 54.7 Å². The van der Waals surface area contributed by atoms with Crippen LogP contribution in [0, 0.1) is 11.3 Å². The van der Waals surface area contributed by atoms with Gasteiger partial charge in [-0.2, -0.15) is 15.0 Å². The number of nitrogens with one attached hydrogen (secondary N) is 1. The molecular formula is C20H15N5O3. The van der Waals surface area contributed by atoms with Gasteiger partial charge in [0.25, 0.3) is 11.8 Å². The van der Waals surface area contributed by atoms with Gasteiger partial charge in [-0.25, -0.2) is 0 Å². The normalized spacial score (nSPS) is 14.6. The molecule has 0 saturated carbocycles. The second-order valence-electron chi connectivity index (χ2n) is 6.26. The number of para-hydroxylation sites is 1. The van der Waals surface area contributed by atoms with Crippen LogP contribution >= 0.6 is 0 Å². The van der Waals surface area contributed by atoms with Crippen molar-refractivity contribution in [3.8, 4) is 11.8 Å². The Balaban J connectivity index is 1.50. The van der Waals surface area contributed by atoms with E-state index < -0.39 is 12.0 Å². The Kier molecular flexibility index (Phi) is 4.26. The van der Waals surface area contributed by atoms with Crippen LogP contribution in [0.4, 0.5) is 11.5 Å². The lowest BCUT2D eigenvalue weighted by molar-refractivity contribution is -0.122. The molecule has 4 rings (SSSR count). The van der Waals surface area contributed by atoms with Crippen molar-refractivity contribution < 1.29 is 14.3 Å². The van der Waals surface area contributed by atoms with E-state index in [9.17, 15) is 9.59 Å². The highest BCUT2D eigenvalue weighted by Gasteiger charge is 2.29. The number of amides is 1. The molecule has 1 atom stereocenters. The summed E-state index contributed by atoms with van der Waals surface area (Å²) >= 11 is 0. The molecule has 0 fully saturated rings. The number of anilines is 2. The first kappa shape index (κ1) is 17.3. The highest BCUT2D eigenvalue weighted by Crippen LogP contribution is 2.28. The molecule has 1 amide bonds. The Hall–Kier alpha value is -4.12. The fourth-order valence-electron chi connectivity index (χ4n) is 3.01. The maximum absolute atomic E-state index is 12.6. The lowest BCUT2D eigenvalue weighted by Crippen LogP contribution is -2.31. The summed E-state index contributed by atoms with van der Waals surface area (Å²) in [7, 11) is 0. The predicted octanol–water partition coefficient (Wildman–Crippen LogP) is 1.97. The first-order valence-corrected chi connectivity index (χ1v) is 8.50. The quantitative estimate of drug-likeness (QED) is 0.723. The third-order valence-electron chi connectivity index (χ3n) is 4.44. The molecule has 2 aromatic carbocycles. The number of carbonyl (C=O) groups is 2. The van der Waals surface area contributed by atoms with Crippen LogP contribution in [0.5, 0.6) is 5.75 Å². The fourth-order valence-corrected chi connectivity index (χ4v) is 3.01. The number of fused-ring (bicyclic) bond motifs is 1. The number of hydrogen-bond acceptors (Lipinski definition) is 6. The zero-order valence-electron chi connectivity index (χ0n) is 14.6. The molecule has 1 unspecified atom stereocenters. The minimum Gasteiger partial charge on any atom is -0.480 e. The first-order valence-electron chi connectivity index (χ1n) is 8.50. The van der Waals surface area contributed by atoms with E-state index in [1.165, 1.54) is 12.3 Å². The molecule has 1 aromatic heterocycles. The Bertz CT molecular complexity index is 1100. The molecule has 28 heavy (non-hydrogen) atoms. The third kappa shape index (κ3) is 3.05. The molecule has 8 nitrogen and oxygen atoms in total. The average molecular weight is 373 g/mol. The average Bonchev–Trinajstić information content (AvgIpc) is 3.31. The molecule has 2 heterocycles. The Morgan fingerprint density at radius 1 is 1.25 bits per heavy atom. The molecule has 138 valence electrons. The summed E-state index contributed by atoms with van der Waals surface area (Å²) in [5.74, 6) is -0.126. The highest BCUT2D eigenvalue weighted by molar-refractivity contribution is 6.00. The van der Waals surface area contributed by atoms with Gasteiger partial charge in [-0.1, -0.05) is 24.3 Å². The van der Waals surface area contributed by atoms with Crippen LogP contribution in [-0.2, 0) is 11.2 Å². The van der Waals surface area contributed by atoms with Gasteiger partial charge in [0.15, 0.2) is 6.10 Å². The van der Waals surface area contributed by atoms with Gasteiger partial charge >= 0.3 is 0 Å². The molecule has 0 radical (unpaired) electrons. The summed E-state index contributed by atoms with van der Waals surface area (Å²) in [5, 5.41) is 15.6. The summed E-state index contributed by atoms with van der Waals surface area (Å²) in [6, 6.07) is 15.8. The standard InChI is InChI=1S/C20H15N5O3/c21-10-14-11-23-25(18(14)22)20(27)13-5-3-6-15(8-13)24-19(26)17-9-12-4-1-2-7-16(12)28-17/h1-8,11,17H,9,22H2,(H,24,26). The molecule has 0 aliphatic carbocycles. The predicted molar refractivity (Wildman–Crippen MR) is 101 cm³/mol. The number of aromatic nitrogens is 2. The van der Waals surface area contributed by atoms with E-state index in [0.717, 1.165) is 10.2 Å². The zero-order valence-corrected chi connectivity index (χ0v) is 14.6. The molecule has 3 N–H and O–H groups in total. The number of benzene rings is 2. The van der Waals surface area contributed by atoms with Crippen LogP contribution < -0.4 is 15.8 Å². The van der Waals surface area contributed by atoms with E-state index in [-0.39, 0.29) is 22.9 Å². The van der Waals surface area contributed by atoms with Crippen molar-refractivity contribution in [2.45, 2.75) is 12.5 Å². The molecule has 8 heteroatoms. The minimum absolute atomic E-state index is 0.0286. The molecule has 0 spiro atoms. The number of nitrogen functional groups attached to an aromatic ring is 1. The summed E-state index contributed by atoms with van der Waals surface area (Å²) in [6.45, 7) is 0. The van der Waals surface area contributed by atoms with Crippen molar-refractivity contribution in [3.63, 3.8) is 0 Å². The van der Waals surface area contributed by atoms with Gasteiger partial charge in [-0.3, -0.25) is 9.59 Å². The smallest absolute Gasteiger partial charge is 0.280 e. The van der Waals surface area contributed by atoms with Crippen molar-refractivity contribution in [1.82, 2.24) is 9.78 Å². The summed E-state index contributed by atoms with van der Waals surface area (Å²) < 4.78 is 6.63. The summed E-state index contributed by atoms with van der Waals surface area (Å²) in [4.78, 5) is 25.1. The van der Waals surface area contributed by atoms with E-state index >= 15 is 0 Å². The summed E-state index contributed by atoms with van der Waals surface area (Å²) in [5.41, 5.74) is 7.58. The van der Waals surface area contributed by atoms with Crippen molar-refractivity contribution in [2.24, 2.45) is 0 Å². The number of rotatable bonds is 3. The fraction of sp³-hybridized carbons (Fsp3) is 0.100. The number of nitriles is 1. The van der Waals surface area contributed by atoms with Gasteiger partial charge in [-0.05, 0) is 29.8 Å². The van der Waals surface area contributed by atoms with Crippen LogP contribution in [-0.4, -0.2) is 27.7 Å². The number of carbonyl (C=O) groups excluding carboxylic acids is 2. The van der Waals surface area contributed by atoms with Gasteiger partial charge in [0.05, 0.1) is 6.20 Å². The van der Waals surface area contributed by atoms with E-state index in [0.29, 0.717) is 17.9 Å². The van der Waals surface area contributed by atoms with E-state index in [4.69, 9.17) is 15.7 Å². The lowest BCUT2D eigenvalue weighted by atomic mass is 10.1.